The summed E-state index contributed by atoms with van der Waals surface area (Å²) in [5.74, 6) is 0. The second-order valence-corrected chi connectivity index (χ2v) is 7.98. The maximum Gasteiger partial charge on any atom is 0.263 e. The minimum atomic E-state index is -2.48. The van der Waals surface area contributed by atoms with Crippen LogP contribution < -0.4 is 16.0 Å². The molecule has 5 rings (SSSR count). The number of aromatic nitrogens is 2. The fourth-order valence-electron chi connectivity index (χ4n) is 4.23. The zero-order chi connectivity index (χ0) is 19.8. The van der Waals surface area contributed by atoms with Gasteiger partial charge in [-0.1, -0.05) is 6.07 Å². The van der Waals surface area contributed by atoms with Crippen LogP contribution in [0, 0.1) is 0 Å². The summed E-state index contributed by atoms with van der Waals surface area (Å²) in [6.45, 7) is 3.04. The molecule has 1 aromatic carbocycles. The Labute approximate surface area is 168 Å². The molecule has 152 valence electrons. The SMILES string of the molecule is FC(F)C1=C(N2CCNC3(CC3)C2)C(NCc2ccc3nccnc3c2)=CNC1. The molecule has 1 saturated heterocycles. The van der Waals surface area contributed by atoms with Gasteiger partial charge in [-0.2, -0.15) is 0 Å². The molecule has 2 aliphatic heterocycles. The molecular formula is C21H24F2N6. The molecule has 3 N–H and O–H groups in total. The second-order valence-electron chi connectivity index (χ2n) is 7.98. The molecule has 3 aliphatic rings. The van der Waals surface area contributed by atoms with Crippen molar-refractivity contribution in [2.24, 2.45) is 0 Å². The normalized spacial score (nSPS) is 20.8. The zero-order valence-corrected chi connectivity index (χ0v) is 16.1. The van der Waals surface area contributed by atoms with Gasteiger partial charge in [0.05, 0.1) is 22.4 Å². The van der Waals surface area contributed by atoms with Crippen molar-refractivity contribution in [1.82, 2.24) is 30.8 Å². The van der Waals surface area contributed by atoms with E-state index < -0.39 is 6.43 Å². The molecule has 6 nitrogen and oxygen atoms in total. The van der Waals surface area contributed by atoms with E-state index in [9.17, 15) is 8.78 Å². The Kier molecular flexibility index (Phi) is 4.58. The summed E-state index contributed by atoms with van der Waals surface area (Å²) in [5.41, 5.74) is 4.36. The number of hydrogen-bond acceptors (Lipinski definition) is 6. The third-order valence-electron chi connectivity index (χ3n) is 5.92. The Balaban J connectivity index is 1.38. The van der Waals surface area contributed by atoms with Crippen LogP contribution in [0.2, 0.25) is 0 Å². The molecule has 0 unspecified atom stereocenters. The molecule has 29 heavy (non-hydrogen) atoms. The first-order chi connectivity index (χ1) is 14.1. The maximum atomic E-state index is 13.8. The van der Waals surface area contributed by atoms with Gasteiger partial charge in [0.25, 0.3) is 6.43 Å². The van der Waals surface area contributed by atoms with Crippen LogP contribution in [-0.4, -0.2) is 53.0 Å². The average molecular weight is 398 g/mol. The van der Waals surface area contributed by atoms with Crippen LogP contribution in [0.4, 0.5) is 8.78 Å². The molecule has 0 radical (unpaired) electrons. The number of alkyl halides is 2. The quantitative estimate of drug-likeness (QED) is 0.717. The molecule has 1 saturated carbocycles. The first-order valence-electron chi connectivity index (χ1n) is 10.0. The Morgan fingerprint density at radius 1 is 1.17 bits per heavy atom. The first kappa shape index (κ1) is 18.3. The van der Waals surface area contributed by atoms with Crippen molar-refractivity contribution in [1.29, 1.82) is 0 Å². The van der Waals surface area contributed by atoms with Crippen LogP contribution in [-0.2, 0) is 6.54 Å². The number of dihydropyridines is 1. The van der Waals surface area contributed by atoms with E-state index in [0.29, 0.717) is 12.2 Å². The number of piperazine rings is 1. The van der Waals surface area contributed by atoms with E-state index in [1.165, 1.54) is 0 Å². The van der Waals surface area contributed by atoms with Crippen LogP contribution in [0.1, 0.15) is 18.4 Å². The van der Waals surface area contributed by atoms with Gasteiger partial charge in [-0.05, 0) is 30.5 Å². The van der Waals surface area contributed by atoms with Gasteiger partial charge in [-0.15, -0.1) is 0 Å². The summed E-state index contributed by atoms with van der Waals surface area (Å²) >= 11 is 0. The highest BCUT2D eigenvalue weighted by atomic mass is 19.3. The van der Waals surface area contributed by atoms with E-state index in [0.717, 1.165) is 54.8 Å². The lowest BCUT2D eigenvalue weighted by atomic mass is 10.0. The predicted octanol–water partition coefficient (Wildman–Crippen LogP) is 2.12. The van der Waals surface area contributed by atoms with Gasteiger partial charge >= 0.3 is 0 Å². The molecule has 2 aromatic rings. The number of halogens is 2. The Hall–Kier alpha value is -2.74. The van der Waals surface area contributed by atoms with Crippen molar-refractivity contribution in [3.63, 3.8) is 0 Å². The minimum absolute atomic E-state index is 0.117. The van der Waals surface area contributed by atoms with Crippen molar-refractivity contribution in [3.05, 3.63) is 59.3 Å². The Morgan fingerprint density at radius 2 is 2.00 bits per heavy atom. The van der Waals surface area contributed by atoms with Gasteiger partial charge in [-0.25, -0.2) is 8.78 Å². The van der Waals surface area contributed by atoms with E-state index in [1.54, 1.807) is 12.4 Å². The minimum Gasteiger partial charge on any atom is -0.385 e. The monoisotopic (exact) mass is 398 g/mol. The van der Waals surface area contributed by atoms with Crippen molar-refractivity contribution >= 4 is 11.0 Å². The number of fused-ring (bicyclic) bond motifs is 1. The predicted molar refractivity (Wildman–Crippen MR) is 107 cm³/mol. The van der Waals surface area contributed by atoms with Crippen molar-refractivity contribution < 1.29 is 8.78 Å². The van der Waals surface area contributed by atoms with Gasteiger partial charge in [0, 0.05) is 62.4 Å². The van der Waals surface area contributed by atoms with E-state index in [4.69, 9.17) is 0 Å². The number of rotatable bonds is 5. The summed E-state index contributed by atoms with van der Waals surface area (Å²) in [6.07, 6.45) is 4.91. The summed E-state index contributed by atoms with van der Waals surface area (Å²) in [7, 11) is 0. The summed E-state index contributed by atoms with van der Waals surface area (Å²) in [6, 6.07) is 5.90. The first-order valence-corrected chi connectivity index (χ1v) is 10.0. The van der Waals surface area contributed by atoms with Crippen LogP contribution in [0.3, 0.4) is 0 Å². The van der Waals surface area contributed by atoms with Gasteiger partial charge in [0.15, 0.2) is 0 Å². The lowest BCUT2D eigenvalue weighted by Crippen LogP contribution is -2.53. The maximum absolute atomic E-state index is 13.8. The van der Waals surface area contributed by atoms with Gasteiger partial charge in [0.1, 0.15) is 0 Å². The van der Waals surface area contributed by atoms with E-state index in [2.05, 4.69) is 30.8 Å². The Morgan fingerprint density at radius 3 is 2.79 bits per heavy atom. The van der Waals surface area contributed by atoms with Crippen LogP contribution in [0.5, 0.6) is 0 Å². The third-order valence-corrected chi connectivity index (χ3v) is 5.92. The lowest BCUT2D eigenvalue weighted by Gasteiger charge is -2.40. The number of nitrogens with one attached hydrogen (secondary N) is 3. The van der Waals surface area contributed by atoms with E-state index in [-0.39, 0.29) is 17.7 Å². The van der Waals surface area contributed by atoms with Crippen molar-refractivity contribution in [2.75, 3.05) is 26.2 Å². The molecular weight excluding hydrogens is 374 g/mol. The summed E-state index contributed by atoms with van der Waals surface area (Å²) < 4.78 is 27.7. The molecule has 3 heterocycles. The topological polar surface area (TPSA) is 65.1 Å². The Bertz CT molecular complexity index is 982. The van der Waals surface area contributed by atoms with Crippen molar-refractivity contribution in [3.8, 4) is 0 Å². The number of nitrogens with zero attached hydrogens (tertiary/aromatic N) is 3. The van der Waals surface area contributed by atoms with E-state index in [1.807, 2.05) is 24.4 Å². The standard InChI is InChI=1S/C21H24F2N6/c22-20(23)15-11-24-12-18(19(15)29-8-7-28-21(13-29)3-4-21)27-10-14-1-2-16-17(9-14)26-6-5-25-16/h1-2,5-6,9,12,20,24,27-28H,3-4,7-8,10-11,13H2. The smallest absolute Gasteiger partial charge is 0.263 e. The molecule has 2 fully saturated rings. The molecule has 0 atom stereocenters. The number of benzene rings is 1. The zero-order valence-electron chi connectivity index (χ0n) is 16.1. The molecule has 1 spiro atoms. The highest BCUT2D eigenvalue weighted by Crippen LogP contribution is 2.40. The average Bonchev–Trinajstić information content (AvgIpc) is 3.49. The molecule has 1 aliphatic carbocycles. The van der Waals surface area contributed by atoms with Crippen molar-refractivity contribution in [2.45, 2.75) is 31.4 Å². The second kappa shape index (κ2) is 7.26. The highest BCUT2D eigenvalue weighted by molar-refractivity contribution is 5.74. The third kappa shape index (κ3) is 3.64. The summed E-state index contributed by atoms with van der Waals surface area (Å²) in [5, 5.41) is 9.94. The van der Waals surface area contributed by atoms with Crippen LogP contribution in [0.15, 0.2) is 53.8 Å². The fourth-order valence-corrected chi connectivity index (χ4v) is 4.23. The molecule has 0 amide bonds. The lowest BCUT2D eigenvalue weighted by molar-refractivity contribution is 0.171. The fraction of sp³-hybridized carbons (Fsp3) is 0.429. The molecule has 0 bridgehead atoms. The highest BCUT2D eigenvalue weighted by Gasteiger charge is 2.46. The summed E-state index contributed by atoms with van der Waals surface area (Å²) in [4.78, 5) is 10.8. The van der Waals surface area contributed by atoms with Gasteiger partial charge in [0.2, 0.25) is 0 Å². The largest absolute Gasteiger partial charge is 0.385 e. The van der Waals surface area contributed by atoms with Crippen LogP contribution in [0.25, 0.3) is 11.0 Å². The van der Waals surface area contributed by atoms with Gasteiger partial charge < -0.3 is 20.9 Å². The van der Waals surface area contributed by atoms with Gasteiger partial charge in [-0.3, -0.25) is 9.97 Å². The van der Waals surface area contributed by atoms with Crippen LogP contribution >= 0.6 is 0 Å². The molecule has 8 heteroatoms. The van der Waals surface area contributed by atoms with E-state index >= 15 is 0 Å². The number of hydrogen-bond donors (Lipinski definition) is 3. The molecule has 1 aromatic heterocycles.